The molecule has 2 N–H and O–H groups in total. The second kappa shape index (κ2) is 12.3. The Kier molecular flexibility index (Phi) is 8.65. The molecule has 1 saturated carbocycles. The van der Waals surface area contributed by atoms with E-state index in [0.717, 1.165) is 18.4 Å². The number of hydrogen-bond acceptors (Lipinski definition) is 5. The molecular formula is C27H32FN5O3. The van der Waals surface area contributed by atoms with Crippen LogP contribution in [0.1, 0.15) is 71.1 Å². The zero-order chi connectivity index (χ0) is 25.3. The van der Waals surface area contributed by atoms with Gasteiger partial charge in [-0.3, -0.25) is 14.0 Å². The van der Waals surface area contributed by atoms with Crippen LogP contribution in [0.5, 0.6) is 5.75 Å². The normalized spacial score (nSPS) is 12.8. The van der Waals surface area contributed by atoms with Gasteiger partial charge in [0.1, 0.15) is 18.0 Å². The molecule has 0 bridgehead atoms. The molecule has 8 nitrogen and oxygen atoms in total. The molecule has 1 heterocycles. The smallest absolute Gasteiger partial charge is 0.273 e. The summed E-state index contributed by atoms with van der Waals surface area (Å²) in [5, 5.41) is 14.3. The van der Waals surface area contributed by atoms with E-state index in [1.807, 2.05) is 37.3 Å². The van der Waals surface area contributed by atoms with Crippen LogP contribution in [-0.2, 0) is 13.0 Å². The fourth-order valence-corrected chi connectivity index (χ4v) is 3.88. The largest absolute Gasteiger partial charge is 0.487 e. The van der Waals surface area contributed by atoms with Crippen molar-refractivity contribution in [2.24, 2.45) is 0 Å². The van der Waals surface area contributed by atoms with E-state index < -0.39 is 0 Å². The first kappa shape index (κ1) is 25.3. The van der Waals surface area contributed by atoms with Crippen LogP contribution >= 0.6 is 0 Å². The Labute approximate surface area is 210 Å². The molecule has 36 heavy (non-hydrogen) atoms. The van der Waals surface area contributed by atoms with Crippen molar-refractivity contribution in [3.05, 3.63) is 71.0 Å². The summed E-state index contributed by atoms with van der Waals surface area (Å²) >= 11 is 0. The molecule has 2 aromatic carbocycles. The Balaban J connectivity index is 1.69. The number of nitrogens with zero attached hydrogens (tertiary/aromatic N) is 3. The highest BCUT2D eigenvalue weighted by atomic mass is 19.1. The SMILES string of the molecule is CCNC(=O)c1ccc(-n2nnc(C(=O)NC3CC3)c2CCCCCF)c(OCc2ccccc2)c1. The van der Waals surface area contributed by atoms with E-state index in [-0.39, 0.29) is 30.2 Å². The van der Waals surface area contributed by atoms with E-state index in [2.05, 4.69) is 20.9 Å². The summed E-state index contributed by atoms with van der Waals surface area (Å²) in [6.07, 6.45) is 4.29. The van der Waals surface area contributed by atoms with Crippen molar-refractivity contribution in [2.75, 3.05) is 13.2 Å². The van der Waals surface area contributed by atoms with Crippen LogP contribution in [0, 0.1) is 0 Å². The van der Waals surface area contributed by atoms with Crippen LogP contribution in [0.15, 0.2) is 48.5 Å². The zero-order valence-electron chi connectivity index (χ0n) is 20.5. The minimum atomic E-state index is -0.370. The number of amides is 2. The van der Waals surface area contributed by atoms with E-state index in [1.54, 1.807) is 22.9 Å². The van der Waals surface area contributed by atoms with Gasteiger partial charge in [-0.05, 0) is 62.8 Å². The zero-order valence-corrected chi connectivity index (χ0v) is 20.5. The van der Waals surface area contributed by atoms with Gasteiger partial charge in [-0.15, -0.1) is 5.10 Å². The average Bonchev–Trinajstić information content (AvgIpc) is 3.61. The lowest BCUT2D eigenvalue weighted by Crippen LogP contribution is -2.27. The summed E-state index contributed by atoms with van der Waals surface area (Å²) in [7, 11) is 0. The summed E-state index contributed by atoms with van der Waals surface area (Å²) < 4.78 is 20.4. The number of alkyl halides is 1. The van der Waals surface area contributed by atoms with Crippen LogP contribution in [0.2, 0.25) is 0 Å². The van der Waals surface area contributed by atoms with Gasteiger partial charge in [0.15, 0.2) is 5.69 Å². The average molecular weight is 494 g/mol. The molecule has 0 unspecified atom stereocenters. The molecule has 0 aliphatic heterocycles. The number of aromatic nitrogens is 3. The van der Waals surface area contributed by atoms with Gasteiger partial charge in [0.25, 0.3) is 11.8 Å². The molecule has 1 aromatic heterocycles. The van der Waals surface area contributed by atoms with Crippen LogP contribution in [0.4, 0.5) is 4.39 Å². The van der Waals surface area contributed by atoms with Crippen molar-refractivity contribution in [1.29, 1.82) is 0 Å². The highest BCUT2D eigenvalue weighted by Crippen LogP contribution is 2.28. The van der Waals surface area contributed by atoms with Gasteiger partial charge in [-0.2, -0.15) is 0 Å². The molecule has 190 valence electrons. The molecule has 1 aliphatic rings. The van der Waals surface area contributed by atoms with Crippen molar-refractivity contribution in [3.8, 4) is 11.4 Å². The number of halogens is 1. The van der Waals surface area contributed by atoms with E-state index in [0.29, 0.717) is 61.5 Å². The highest BCUT2D eigenvalue weighted by Gasteiger charge is 2.28. The van der Waals surface area contributed by atoms with Crippen molar-refractivity contribution in [1.82, 2.24) is 25.6 Å². The van der Waals surface area contributed by atoms with Gasteiger partial charge in [0.2, 0.25) is 0 Å². The predicted molar refractivity (Wildman–Crippen MR) is 134 cm³/mol. The monoisotopic (exact) mass is 493 g/mol. The van der Waals surface area contributed by atoms with Crippen molar-refractivity contribution < 1.29 is 18.7 Å². The molecule has 1 fully saturated rings. The summed E-state index contributed by atoms with van der Waals surface area (Å²) in [5.41, 5.74) is 2.92. The standard InChI is InChI=1S/C27H32FN5O3/c1-2-29-26(34)20-12-15-22(24(17-20)36-18-19-9-5-3-6-10-19)33-23(11-7-4-8-16-28)25(31-32-33)27(35)30-21-13-14-21/h3,5-6,9-10,12,15,17,21H,2,4,7-8,11,13-14,16,18H2,1H3,(H,29,34)(H,30,35). The van der Waals surface area contributed by atoms with Crippen LogP contribution < -0.4 is 15.4 Å². The number of rotatable bonds is 13. The molecule has 2 amide bonds. The molecule has 0 radical (unpaired) electrons. The molecule has 1 aliphatic carbocycles. The molecule has 3 aromatic rings. The first-order chi connectivity index (χ1) is 17.6. The van der Waals surface area contributed by atoms with E-state index in [4.69, 9.17) is 4.74 Å². The lowest BCUT2D eigenvalue weighted by atomic mass is 10.1. The van der Waals surface area contributed by atoms with Crippen LogP contribution in [0.3, 0.4) is 0 Å². The number of ether oxygens (including phenoxy) is 1. The third-order valence-electron chi connectivity index (χ3n) is 5.96. The first-order valence-corrected chi connectivity index (χ1v) is 12.5. The highest BCUT2D eigenvalue weighted by molar-refractivity contribution is 5.95. The predicted octanol–water partition coefficient (Wildman–Crippen LogP) is 4.17. The van der Waals surface area contributed by atoms with Crippen LogP contribution in [-0.4, -0.2) is 46.1 Å². The lowest BCUT2D eigenvalue weighted by Gasteiger charge is -2.15. The van der Waals surface area contributed by atoms with Gasteiger partial charge in [-0.1, -0.05) is 42.0 Å². The summed E-state index contributed by atoms with van der Waals surface area (Å²) in [4.78, 5) is 25.4. The second-order valence-electron chi connectivity index (χ2n) is 8.86. The molecule has 0 saturated heterocycles. The number of nitrogens with one attached hydrogen (secondary N) is 2. The molecule has 9 heteroatoms. The van der Waals surface area contributed by atoms with Crippen molar-refractivity contribution in [2.45, 2.75) is 58.1 Å². The number of benzene rings is 2. The quantitative estimate of drug-likeness (QED) is 0.348. The Morgan fingerprint density at radius 2 is 1.89 bits per heavy atom. The Bertz CT molecular complexity index is 1180. The number of unbranched alkanes of at least 4 members (excludes halogenated alkanes) is 2. The topological polar surface area (TPSA) is 98.1 Å². The maximum Gasteiger partial charge on any atom is 0.273 e. The maximum atomic E-state index is 12.9. The van der Waals surface area contributed by atoms with Crippen molar-refractivity contribution in [3.63, 3.8) is 0 Å². The molecule has 0 spiro atoms. The fraction of sp³-hybridized carbons (Fsp3) is 0.407. The lowest BCUT2D eigenvalue weighted by molar-refractivity contribution is 0.0940. The summed E-state index contributed by atoms with van der Waals surface area (Å²) in [6.45, 7) is 2.29. The van der Waals surface area contributed by atoms with Gasteiger partial charge < -0.3 is 15.4 Å². The molecule has 0 atom stereocenters. The Morgan fingerprint density at radius 3 is 2.61 bits per heavy atom. The van der Waals surface area contributed by atoms with Crippen molar-refractivity contribution >= 4 is 11.8 Å². The van der Waals surface area contributed by atoms with E-state index in [1.165, 1.54) is 0 Å². The van der Waals surface area contributed by atoms with Gasteiger partial charge >= 0.3 is 0 Å². The minimum absolute atomic E-state index is 0.183. The molecular weight excluding hydrogens is 461 g/mol. The van der Waals surface area contributed by atoms with Gasteiger partial charge in [0, 0.05) is 18.2 Å². The Hall–Kier alpha value is -3.75. The van der Waals surface area contributed by atoms with Gasteiger partial charge in [0.05, 0.1) is 12.4 Å². The first-order valence-electron chi connectivity index (χ1n) is 12.5. The van der Waals surface area contributed by atoms with Gasteiger partial charge in [-0.25, -0.2) is 4.68 Å². The third kappa shape index (κ3) is 6.47. The van der Waals surface area contributed by atoms with Crippen LogP contribution in [0.25, 0.3) is 5.69 Å². The number of carbonyl (C=O) groups is 2. The number of carbonyl (C=O) groups excluding carboxylic acids is 2. The number of hydrogen-bond donors (Lipinski definition) is 2. The summed E-state index contributed by atoms with van der Waals surface area (Å²) in [5.74, 6) is -0.00949. The molecule has 4 rings (SSSR count). The second-order valence-corrected chi connectivity index (χ2v) is 8.86. The summed E-state index contributed by atoms with van der Waals surface area (Å²) in [6, 6.07) is 15.0. The Morgan fingerprint density at radius 1 is 1.08 bits per heavy atom. The maximum absolute atomic E-state index is 12.9. The fourth-order valence-electron chi connectivity index (χ4n) is 3.88. The minimum Gasteiger partial charge on any atom is -0.487 e. The third-order valence-corrected chi connectivity index (χ3v) is 5.96. The van der Waals surface area contributed by atoms with E-state index >= 15 is 0 Å². The van der Waals surface area contributed by atoms with E-state index in [9.17, 15) is 14.0 Å².